The minimum Gasteiger partial charge on any atom is -0.350 e. The number of hydrogen-bond donors (Lipinski definition) is 0. The molecule has 1 spiro atoms. The third-order valence-corrected chi connectivity index (χ3v) is 4.14. The van der Waals surface area contributed by atoms with Crippen LogP contribution in [0.1, 0.15) is 31.2 Å². The number of aromatic nitrogens is 1. The zero-order valence-electron chi connectivity index (χ0n) is 8.91. The van der Waals surface area contributed by atoms with Gasteiger partial charge in [0.15, 0.2) is 0 Å². The fourth-order valence-corrected chi connectivity index (χ4v) is 2.93. The lowest BCUT2D eigenvalue weighted by atomic mass is 9.68. The minimum absolute atomic E-state index is 0.352. The van der Waals surface area contributed by atoms with Crippen LogP contribution in [-0.4, -0.2) is 17.1 Å². The first kappa shape index (κ1) is 9.92. The van der Waals surface area contributed by atoms with Gasteiger partial charge in [0.1, 0.15) is 11.9 Å². The predicted molar refractivity (Wildman–Crippen MR) is 62.5 cm³/mol. The molecule has 82 valence electrons. The maximum atomic E-state index is 8.76. The highest BCUT2D eigenvalue weighted by Crippen LogP contribution is 2.49. The maximum Gasteiger partial charge on any atom is 0.147 e. The van der Waals surface area contributed by atoms with Crippen LogP contribution in [0.5, 0.6) is 0 Å². The van der Waals surface area contributed by atoms with Gasteiger partial charge in [0, 0.05) is 18.3 Å². The smallest absolute Gasteiger partial charge is 0.147 e. The lowest BCUT2D eigenvalue weighted by Gasteiger charge is -2.59. The molecule has 0 amide bonds. The van der Waals surface area contributed by atoms with E-state index < -0.39 is 0 Å². The van der Waals surface area contributed by atoms with Crippen LogP contribution >= 0.6 is 11.6 Å². The van der Waals surface area contributed by atoms with Crippen molar-refractivity contribution in [2.45, 2.75) is 31.2 Å². The van der Waals surface area contributed by atoms with Gasteiger partial charge in [0.05, 0.1) is 10.6 Å². The Morgan fingerprint density at radius 2 is 2.25 bits per heavy atom. The highest BCUT2D eigenvalue weighted by atomic mass is 35.5. The Hall–Kier alpha value is -1.27. The summed E-state index contributed by atoms with van der Waals surface area (Å²) in [6.45, 7) is 1.04. The summed E-state index contributed by atoms with van der Waals surface area (Å²) >= 11 is 6.17. The number of hydrogen-bond acceptors (Lipinski definition) is 3. The molecule has 3 nitrogen and oxygen atoms in total. The third kappa shape index (κ3) is 1.23. The van der Waals surface area contributed by atoms with Gasteiger partial charge in [-0.05, 0) is 31.7 Å². The molecule has 1 saturated carbocycles. The Morgan fingerprint density at radius 3 is 2.69 bits per heavy atom. The first-order chi connectivity index (χ1) is 7.75. The Balaban J connectivity index is 1.93. The fraction of sp³-hybridized carbons (Fsp3) is 0.500. The summed E-state index contributed by atoms with van der Waals surface area (Å²) in [6.07, 6.45) is 6.68. The van der Waals surface area contributed by atoms with Crippen molar-refractivity contribution < 1.29 is 0 Å². The first-order valence-corrected chi connectivity index (χ1v) is 5.96. The SMILES string of the molecule is N#Cc1cnc(N2CCC23CCC3)c(Cl)c1. The monoisotopic (exact) mass is 233 g/mol. The van der Waals surface area contributed by atoms with Crippen molar-refractivity contribution in [3.05, 3.63) is 22.8 Å². The minimum atomic E-state index is 0.352. The molecule has 2 aliphatic rings. The van der Waals surface area contributed by atoms with Crippen molar-refractivity contribution in [3.8, 4) is 6.07 Å². The van der Waals surface area contributed by atoms with E-state index in [2.05, 4.69) is 16.0 Å². The van der Waals surface area contributed by atoms with E-state index in [-0.39, 0.29) is 0 Å². The van der Waals surface area contributed by atoms with Gasteiger partial charge in [-0.3, -0.25) is 0 Å². The lowest BCUT2D eigenvalue weighted by molar-refractivity contribution is 0.150. The van der Waals surface area contributed by atoms with Crippen LogP contribution in [0, 0.1) is 11.3 Å². The van der Waals surface area contributed by atoms with Crippen molar-refractivity contribution in [1.29, 1.82) is 5.26 Å². The molecule has 2 heterocycles. The average Bonchev–Trinajstić information content (AvgIpc) is 2.17. The third-order valence-electron chi connectivity index (χ3n) is 3.86. The van der Waals surface area contributed by atoms with E-state index in [1.807, 2.05) is 0 Å². The molecule has 0 unspecified atom stereocenters. The highest BCUT2D eigenvalue weighted by Gasteiger charge is 2.50. The Labute approximate surface area is 99.6 Å². The van der Waals surface area contributed by atoms with Crippen LogP contribution in [0.2, 0.25) is 5.02 Å². The molecule has 0 N–H and O–H groups in total. The van der Waals surface area contributed by atoms with E-state index in [0.717, 1.165) is 12.4 Å². The van der Waals surface area contributed by atoms with Gasteiger partial charge in [-0.25, -0.2) is 4.98 Å². The second-order valence-electron chi connectivity index (χ2n) is 4.62. The van der Waals surface area contributed by atoms with Crippen LogP contribution < -0.4 is 4.90 Å². The molecule has 1 saturated heterocycles. The standard InChI is InChI=1S/C12H12ClN3/c13-10-6-9(7-14)8-15-11(10)16-5-4-12(16)2-1-3-12/h6,8H,1-5H2. The van der Waals surface area contributed by atoms with Crippen molar-refractivity contribution >= 4 is 17.4 Å². The van der Waals surface area contributed by atoms with E-state index in [1.54, 1.807) is 12.3 Å². The van der Waals surface area contributed by atoms with Gasteiger partial charge in [0.25, 0.3) is 0 Å². The predicted octanol–water partition coefficient (Wildman–Crippen LogP) is 2.74. The normalized spacial score (nSPS) is 21.1. The summed E-state index contributed by atoms with van der Waals surface area (Å²) in [7, 11) is 0. The molecule has 3 rings (SSSR count). The molecule has 0 radical (unpaired) electrons. The zero-order valence-corrected chi connectivity index (χ0v) is 9.67. The van der Waals surface area contributed by atoms with E-state index in [4.69, 9.17) is 16.9 Å². The largest absolute Gasteiger partial charge is 0.350 e. The number of anilines is 1. The maximum absolute atomic E-state index is 8.76. The second-order valence-corrected chi connectivity index (χ2v) is 5.03. The van der Waals surface area contributed by atoms with Crippen molar-refractivity contribution in [1.82, 2.24) is 4.98 Å². The van der Waals surface area contributed by atoms with Crippen molar-refractivity contribution in [2.75, 3.05) is 11.4 Å². The number of nitrogens with zero attached hydrogens (tertiary/aromatic N) is 3. The van der Waals surface area contributed by atoms with Gasteiger partial charge in [-0.15, -0.1) is 0 Å². The van der Waals surface area contributed by atoms with E-state index in [9.17, 15) is 0 Å². The van der Waals surface area contributed by atoms with Crippen molar-refractivity contribution in [2.24, 2.45) is 0 Å². The summed E-state index contributed by atoms with van der Waals surface area (Å²) in [6, 6.07) is 3.76. The molecule has 0 aromatic carbocycles. The molecular formula is C12H12ClN3. The second kappa shape index (κ2) is 3.36. The number of nitriles is 1. The molecule has 1 aliphatic heterocycles. The van der Waals surface area contributed by atoms with Gasteiger partial charge in [0.2, 0.25) is 0 Å². The molecule has 1 aromatic rings. The number of halogens is 1. The summed E-state index contributed by atoms with van der Waals surface area (Å²) in [5.74, 6) is 0.853. The summed E-state index contributed by atoms with van der Waals surface area (Å²) in [5, 5.41) is 9.36. The van der Waals surface area contributed by atoms with Crippen LogP contribution in [0.4, 0.5) is 5.82 Å². The Kier molecular flexibility index (Phi) is 2.08. The topological polar surface area (TPSA) is 39.9 Å². The molecule has 1 aromatic heterocycles. The average molecular weight is 234 g/mol. The quantitative estimate of drug-likeness (QED) is 0.749. The molecule has 16 heavy (non-hydrogen) atoms. The van der Waals surface area contributed by atoms with E-state index in [0.29, 0.717) is 16.1 Å². The summed E-state index contributed by atoms with van der Waals surface area (Å²) in [4.78, 5) is 6.63. The molecular weight excluding hydrogens is 222 g/mol. The lowest BCUT2D eigenvalue weighted by Crippen LogP contribution is -2.64. The number of pyridine rings is 1. The fourth-order valence-electron chi connectivity index (χ4n) is 2.67. The van der Waals surface area contributed by atoms with Crippen LogP contribution in [0.25, 0.3) is 0 Å². The number of rotatable bonds is 1. The van der Waals surface area contributed by atoms with Crippen LogP contribution in [0.15, 0.2) is 12.3 Å². The zero-order chi connectivity index (χ0) is 11.2. The molecule has 1 aliphatic carbocycles. The highest BCUT2D eigenvalue weighted by molar-refractivity contribution is 6.33. The van der Waals surface area contributed by atoms with Crippen molar-refractivity contribution in [3.63, 3.8) is 0 Å². The Bertz CT molecular complexity index is 468. The van der Waals surface area contributed by atoms with Crippen LogP contribution in [0.3, 0.4) is 0 Å². The van der Waals surface area contributed by atoms with E-state index >= 15 is 0 Å². The molecule has 2 fully saturated rings. The molecule has 4 heteroatoms. The summed E-state index contributed by atoms with van der Waals surface area (Å²) < 4.78 is 0. The van der Waals surface area contributed by atoms with Gasteiger partial charge in [-0.1, -0.05) is 11.6 Å². The molecule has 0 atom stereocenters. The van der Waals surface area contributed by atoms with E-state index in [1.165, 1.54) is 25.7 Å². The van der Waals surface area contributed by atoms with Gasteiger partial charge < -0.3 is 4.90 Å². The summed E-state index contributed by atoms with van der Waals surface area (Å²) in [5.41, 5.74) is 0.877. The first-order valence-electron chi connectivity index (χ1n) is 5.58. The van der Waals surface area contributed by atoms with Crippen LogP contribution in [-0.2, 0) is 0 Å². The van der Waals surface area contributed by atoms with Gasteiger partial charge in [-0.2, -0.15) is 5.26 Å². The van der Waals surface area contributed by atoms with Gasteiger partial charge >= 0.3 is 0 Å². The molecule has 0 bridgehead atoms. The Morgan fingerprint density at radius 1 is 1.44 bits per heavy atom.